The molecule has 0 atom stereocenters. The van der Waals surface area contributed by atoms with Crippen LogP contribution in [0.4, 0.5) is 0 Å². The number of unbranched alkanes of at least 4 members (excludes halogenated alkanes) is 5. The average molecular weight is 233 g/mol. The molecule has 0 aliphatic carbocycles. The first-order valence-corrected chi connectivity index (χ1v) is 7.94. The van der Waals surface area contributed by atoms with Crippen molar-refractivity contribution in [1.82, 2.24) is 0 Å². The summed E-state index contributed by atoms with van der Waals surface area (Å²) in [5.74, 6) is 2.33. The van der Waals surface area contributed by atoms with Crippen LogP contribution in [0.15, 0.2) is 12.2 Å². The zero-order valence-electron chi connectivity index (χ0n) is 8.51. The molecule has 0 amide bonds. The Morgan fingerprint density at radius 1 is 1.00 bits per heavy atom. The van der Waals surface area contributed by atoms with Gasteiger partial charge in [-0.25, -0.2) is 0 Å². The molecule has 0 nitrogen and oxygen atoms in total. The second kappa shape index (κ2) is 11.3. The Morgan fingerprint density at radius 3 is 2.33 bits per heavy atom. The molecule has 0 rings (SSSR count). The SMILES string of the molecule is CC=CCCCCCCC[Se]C. The summed E-state index contributed by atoms with van der Waals surface area (Å²) in [7, 11) is 0. The molecule has 1 heteroatoms. The van der Waals surface area contributed by atoms with Crippen LogP contribution in [-0.4, -0.2) is 15.0 Å². The minimum atomic E-state index is 0.908. The van der Waals surface area contributed by atoms with Gasteiger partial charge in [0.25, 0.3) is 0 Å². The molecule has 0 saturated carbocycles. The zero-order chi connectivity index (χ0) is 9.07. The Balaban J connectivity index is 2.81. The predicted octanol–water partition coefficient (Wildman–Crippen LogP) is 4.07. The third kappa shape index (κ3) is 10.3. The number of hydrogen-bond acceptors (Lipinski definition) is 0. The van der Waals surface area contributed by atoms with E-state index in [9.17, 15) is 0 Å². The molecule has 0 fully saturated rings. The molecule has 0 spiro atoms. The van der Waals surface area contributed by atoms with Crippen molar-refractivity contribution in [1.29, 1.82) is 0 Å². The summed E-state index contributed by atoms with van der Waals surface area (Å²) in [6.07, 6.45) is 12.9. The molecule has 0 aromatic rings. The Morgan fingerprint density at radius 2 is 1.67 bits per heavy atom. The van der Waals surface area contributed by atoms with E-state index in [1.165, 1.54) is 43.8 Å². The summed E-state index contributed by atoms with van der Waals surface area (Å²) < 4.78 is 0. The van der Waals surface area contributed by atoms with Crippen molar-refractivity contribution in [2.75, 3.05) is 0 Å². The van der Waals surface area contributed by atoms with Gasteiger partial charge in [-0.2, -0.15) is 0 Å². The van der Waals surface area contributed by atoms with Gasteiger partial charge >= 0.3 is 83.7 Å². The molecule has 0 radical (unpaired) electrons. The van der Waals surface area contributed by atoms with Crippen molar-refractivity contribution in [2.24, 2.45) is 0 Å². The van der Waals surface area contributed by atoms with E-state index in [1.807, 2.05) is 0 Å². The molecule has 12 heavy (non-hydrogen) atoms. The molecule has 0 bridgehead atoms. The van der Waals surface area contributed by atoms with Crippen molar-refractivity contribution in [2.45, 2.75) is 56.6 Å². The molecular weight excluding hydrogens is 211 g/mol. The van der Waals surface area contributed by atoms with Gasteiger partial charge < -0.3 is 0 Å². The van der Waals surface area contributed by atoms with Crippen LogP contribution in [-0.2, 0) is 0 Å². The summed E-state index contributed by atoms with van der Waals surface area (Å²) in [6.45, 7) is 2.10. The van der Waals surface area contributed by atoms with Crippen molar-refractivity contribution in [3.63, 3.8) is 0 Å². The summed E-state index contributed by atoms with van der Waals surface area (Å²) in [5.41, 5.74) is 0. The van der Waals surface area contributed by atoms with Crippen LogP contribution in [0.5, 0.6) is 0 Å². The molecule has 0 aromatic carbocycles. The van der Waals surface area contributed by atoms with Crippen molar-refractivity contribution < 1.29 is 0 Å². The van der Waals surface area contributed by atoms with Gasteiger partial charge in [-0.3, -0.25) is 0 Å². The van der Waals surface area contributed by atoms with Crippen LogP contribution < -0.4 is 0 Å². The Bertz CT molecular complexity index is 97.2. The Kier molecular flexibility index (Phi) is 11.5. The molecule has 0 N–H and O–H groups in total. The summed E-state index contributed by atoms with van der Waals surface area (Å²) in [4.78, 5) is 0. The van der Waals surface area contributed by atoms with E-state index in [-0.39, 0.29) is 0 Å². The van der Waals surface area contributed by atoms with Crippen LogP contribution in [0.2, 0.25) is 11.1 Å². The van der Waals surface area contributed by atoms with E-state index >= 15 is 0 Å². The minimum absolute atomic E-state index is 0.908. The van der Waals surface area contributed by atoms with Gasteiger partial charge in [-0.1, -0.05) is 0 Å². The fourth-order valence-corrected chi connectivity index (χ4v) is 2.24. The van der Waals surface area contributed by atoms with Crippen molar-refractivity contribution >= 4 is 15.0 Å². The van der Waals surface area contributed by atoms with E-state index < -0.39 is 0 Å². The monoisotopic (exact) mass is 234 g/mol. The van der Waals surface area contributed by atoms with Crippen molar-refractivity contribution in [3.8, 4) is 0 Å². The first-order valence-electron chi connectivity index (χ1n) is 5.02. The van der Waals surface area contributed by atoms with Crippen LogP contribution in [0.25, 0.3) is 0 Å². The first-order chi connectivity index (χ1) is 5.91. The molecule has 0 aliphatic heterocycles. The summed E-state index contributed by atoms with van der Waals surface area (Å²) >= 11 is 0.908. The number of hydrogen-bond donors (Lipinski definition) is 0. The van der Waals surface area contributed by atoms with Gasteiger partial charge in [-0.05, 0) is 0 Å². The number of allylic oxidation sites excluding steroid dienone is 2. The van der Waals surface area contributed by atoms with Gasteiger partial charge in [-0.15, -0.1) is 0 Å². The quantitative estimate of drug-likeness (QED) is 0.337. The molecule has 0 heterocycles. The third-order valence-corrected chi connectivity index (χ3v) is 3.42. The molecule has 0 saturated heterocycles. The van der Waals surface area contributed by atoms with Gasteiger partial charge in [0.05, 0.1) is 0 Å². The van der Waals surface area contributed by atoms with Crippen LogP contribution >= 0.6 is 0 Å². The van der Waals surface area contributed by atoms with Crippen LogP contribution in [0.3, 0.4) is 0 Å². The molecular formula is C11H22Se. The van der Waals surface area contributed by atoms with E-state index in [0.29, 0.717) is 0 Å². The van der Waals surface area contributed by atoms with Crippen LogP contribution in [0.1, 0.15) is 45.4 Å². The van der Waals surface area contributed by atoms with Gasteiger partial charge in [0.2, 0.25) is 0 Å². The summed E-state index contributed by atoms with van der Waals surface area (Å²) in [5, 5.41) is 1.49. The number of rotatable bonds is 8. The van der Waals surface area contributed by atoms with E-state index in [4.69, 9.17) is 0 Å². The molecule has 0 aliphatic rings. The standard InChI is InChI=1S/C11H22Se/c1-3-4-5-6-7-8-9-10-11-12-2/h3-4H,5-11H2,1-2H3. The topological polar surface area (TPSA) is 0 Å². The van der Waals surface area contributed by atoms with E-state index in [1.54, 1.807) is 0 Å². The average Bonchev–Trinajstić information content (AvgIpc) is 2.10. The Labute approximate surface area is 84.0 Å². The normalized spacial score (nSPS) is 11.2. The zero-order valence-corrected chi connectivity index (χ0v) is 10.2. The maximum atomic E-state index is 2.33. The van der Waals surface area contributed by atoms with E-state index in [2.05, 4.69) is 24.9 Å². The second-order valence-corrected chi connectivity index (χ2v) is 5.19. The van der Waals surface area contributed by atoms with Crippen LogP contribution in [0, 0.1) is 0 Å². The fourth-order valence-electron chi connectivity index (χ4n) is 1.21. The van der Waals surface area contributed by atoms with Crippen molar-refractivity contribution in [3.05, 3.63) is 12.2 Å². The van der Waals surface area contributed by atoms with Gasteiger partial charge in [0.15, 0.2) is 0 Å². The van der Waals surface area contributed by atoms with E-state index in [0.717, 1.165) is 15.0 Å². The molecule has 0 aromatic heterocycles. The second-order valence-electron chi connectivity index (χ2n) is 3.12. The summed E-state index contributed by atoms with van der Waals surface area (Å²) in [6, 6.07) is 0. The fraction of sp³-hybridized carbons (Fsp3) is 0.818. The Hall–Kier alpha value is 0.259. The maximum absolute atomic E-state index is 2.33. The third-order valence-electron chi connectivity index (χ3n) is 1.95. The first kappa shape index (κ1) is 12.3. The molecule has 72 valence electrons. The van der Waals surface area contributed by atoms with Gasteiger partial charge in [0.1, 0.15) is 0 Å². The molecule has 0 unspecified atom stereocenters. The predicted molar refractivity (Wildman–Crippen MR) is 58.9 cm³/mol. The van der Waals surface area contributed by atoms with Gasteiger partial charge in [0, 0.05) is 0 Å².